The molecule has 128 valence electrons. The predicted octanol–water partition coefficient (Wildman–Crippen LogP) is 2.00. The molecule has 0 aliphatic carbocycles. The third-order valence-corrected chi connectivity index (χ3v) is 3.62. The van der Waals surface area contributed by atoms with Crippen molar-refractivity contribution in [3.8, 4) is 0 Å². The molecule has 23 heavy (non-hydrogen) atoms. The molecule has 0 radical (unpaired) electrons. The summed E-state index contributed by atoms with van der Waals surface area (Å²) in [7, 11) is 2.15. The Kier molecular flexibility index (Phi) is 12.3. The van der Waals surface area contributed by atoms with Crippen LogP contribution in [0.15, 0.2) is 42.1 Å². The van der Waals surface area contributed by atoms with Crippen LogP contribution in [0.1, 0.15) is 19.8 Å². The topological polar surface area (TPSA) is 61.4 Å². The van der Waals surface area contributed by atoms with Gasteiger partial charge in [0, 0.05) is 31.9 Å². The number of hydrogen-bond acceptors (Lipinski definition) is 5. The minimum Gasteiger partial charge on any atom is -0.387 e. The summed E-state index contributed by atoms with van der Waals surface area (Å²) in [5.74, 6) is 0. The Bertz CT molecular complexity index is 435. The molecule has 0 saturated carbocycles. The van der Waals surface area contributed by atoms with Gasteiger partial charge in [-0.1, -0.05) is 25.1 Å². The molecule has 0 amide bonds. The Morgan fingerprint density at radius 3 is 2.39 bits per heavy atom. The molecule has 0 bridgehead atoms. The summed E-state index contributed by atoms with van der Waals surface area (Å²) in [6, 6.07) is 11.1. The van der Waals surface area contributed by atoms with E-state index in [2.05, 4.69) is 66.0 Å². The molecule has 1 aromatic carbocycles. The molecule has 1 unspecified atom stereocenters. The molecule has 0 saturated heterocycles. The minimum absolute atomic E-state index is 0.589. The first kappa shape index (κ1) is 20.9. The Morgan fingerprint density at radius 2 is 1.87 bits per heavy atom. The Hall–Kier alpha value is -2.14. The van der Waals surface area contributed by atoms with Crippen LogP contribution < -0.4 is 15.5 Å². The summed E-state index contributed by atoms with van der Waals surface area (Å²) in [5.41, 5.74) is 2.76. The quantitative estimate of drug-likeness (QED) is 0.840. The van der Waals surface area contributed by atoms with Crippen LogP contribution in [-0.4, -0.2) is 46.3 Å². The lowest BCUT2D eigenvalue weighted by Crippen LogP contribution is -2.39. The van der Waals surface area contributed by atoms with Gasteiger partial charge < -0.3 is 25.1 Å². The minimum atomic E-state index is 0.589. The standard InChI is InChI=1S/C16H25N3.2CH2O/c1-3-17-12-15-10-9-14(11-18-15)13-19(2)16-7-5-4-6-8-16;2*1-2/h4-8,11,15,17-18H,3,9-10,12-13H2,1-2H3;2*1H2. The summed E-state index contributed by atoms with van der Waals surface area (Å²) >= 11 is 0. The maximum atomic E-state index is 8.00. The predicted molar refractivity (Wildman–Crippen MR) is 96.7 cm³/mol. The molecule has 1 aliphatic rings. The summed E-state index contributed by atoms with van der Waals surface area (Å²) < 4.78 is 0. The van der Waals surface area contributed by atoms with Gasteiger partial charge in [0.05, 0.1) is 0 Å². The van der Waals surface area contributed by atoms with E-state index in [9.17, 15) is 0 Å². The van der Waals surface area contributed by atoms with Gasteiger partial charge in [-0.05, 0) is 43.3 Å². The number of hydrogen-bond donors (Lipinski definition) is 2. The van der Waals surface area contributed by atoms with Crippen LogP contribution >= 0.6 is 0 Å². The van der Waals surface area contributed by atoms with E-state index in [1.165, 1.54) is 24.1 Å². The van der Waals surface area contributed by atoms with Crippen LogP contribution in [0.2, 0.25) is 0 Å². The summed E-state index contributed by atoms with van der Waals surface area (Å²) in [4.78, 5) is 18.3. The van der Waals surface area contributed by atoms with Crippen molar-refractivity contribution in [2.24, 2.45) is 0 Å². The van der Waals surface area contributed by atoms with Crippen LogP contribution in [0.5, 0.6) is 0 Å². The highest BCUT2D eigenvalue weighted by Gasteiger charge is 2.14. The number of rotatable bonds is 6. The molecule has 1 atom stereocenters. The zero-order valence-electron chi connectivity index (χ0n) is 14.3. The van der Waals surface area contributed by atoms with E-state index in [4.69, 9.17) is 9.59 Å². The van der Waals surface area contributed by atoms with Crippen LogP contribution in [0.4, 0.5) is 5.69 Å². The summed E-state index contributed by atoms with van der Waals surface area (Å²) in [6.45, 7) is 9.27. The molecular formula is C18H29N3O2. The maximum absolute atomic E-state index is 8.00. The van der Waals surface area contributed by atoms with Gasteiger partial charge >= 0.3 is 0 Å². The van der Waals surface area contributed by atoms with Crippen molar-refractivity contribution in [2.75, 3.05) is 31.6 Å². The average Bonchev–Trinajstić information content (AvgIpc) is 2.65. The van der Waals surface area contributed by atoms with E-state index in [1.807, 2.05) is 13.6 Å². The molecule has 1 aliphatic heterocycles. The van der Waals surface area contributed by atoms with Crippen LogP contribution in [-0.2, 0) is 9.59 Å². The van der Waals surface area contributed by atoms with Crippen LogP contribution in [0.25, 0.3) is 0 Å². The normalized spacial score (nSPS) is 15.7. The highest BCUT2D eigenvalue weighted by Crippen LogP contribution is 2.17. The number of carbonyl (C=O) groups excluding carboxylic acids is 2. The molecule has 2 rings (SSSR count). The zero-order chi connectivity index (χ0) is 17.5. The number of anilines is 1. The van der Waals surface area contributed by atoms with Crippen molar-refractivity contribution in [3.63, 3.8) is 0 Å². The van der Waals surface area contributed by atoms with Crippen molar-refractivity contribution < 1.29 is 9.59 Å². The summed E-state index contributed by atoms with van der Waals surface area (Å²) in [6.07, 6.45) is 4.63. The highest BCUT2D eigenvalue weighted by molar-refractivity contribution is 5.46. The average molecular weight is 319 g/mol. The largest absolute Gasteiger partial charge is 0.387 e. The second kappa shape index (κ2) is 13.5. The fourth-order valence-electron chi connectivity index (χ4n) is 2.43. The zero-order valence-corrected chi connectivity index (χ0v) is 14.3. The molecule has 1 aromatic rings. The molecular weight excluding hydrogens is 290 g/mol. The van der Waals surface area contributed by atoms with E-state index in [-0.39, 0.29) is 0 Å². The van der Waals surface area contributed by atoms with E-state index < -0.39 is 0 Å². The van der Waals surface area contributed by atoms with Gasteiger partial charge in [-0.2, -0.15) is 0 Å². The summed E-state index contributed by atoms with van der Waals surface area (Å²) in [5, 5.41) is 6.91. The smallest absolute Gasteiger partial charge is 0.106 e. The number of carbonyl (C=O) groups is 2. The molecule has 1 heterocycles. The van der Waals surface area contributed by atoms with Gasteiger partial charge in [-0.3, -0.25) is 0 Å². The second-order valence-corrected chi connectivity index (χ2v) is 5.20. The molecule has 5 nitrogen and oxygen atoms in total. The molecule has 0 fully saturated rings. The lowest BCUT2D eigenvalue weighted by molar-refractivity contribution is -0.0987. The van der Waals surface area contributed by atoms with Crippen molar-refractivity contribution in [1.29, 1.82) is 0 Å². The fraction of sp³-hybridized carbons (Fsp3) is 0.444. The molecule has 0 spiro atoms. The number of likely N-dealkylation sites (N-methyl/N-ethyl adjacent to an activating group) is 2. The van der Waals surface area contributed by atoms with Crippen LogP contribution in [0, 0.1) is 0 Å². The highest BCUT2D eigenvalue weighted by atomic mass is 16.1. The van der Waals surface area contributed by atoms with Gasteiger partial charge in [0.15, 0.2) is 0 Å². The van der Waals surface area contributed by atoms with E-state index in [1.54, 1.807) is 0 Å². The first-order valence-corrected chi connectivity index (χ1v) is 7.78. The fourth-order valence-corrected chi connectivity index (χ4v) is 2.43. The third-order valence-electron chi connectivity index (χ3n) is 3.62. The first-order chi connectivity index (χ1) is 11.3. The van der Waals surface area contributed by atoms with E-state index in [0.29, 0.717) is 6.04 Å². The number of para-hydroxylation sites is 1. The second-order valence-electron chi connectivity index (χ2n) is 5.20. The molecule has 0 aromatic heterocycles. The van der Waals surface area contributed by atoms with Crippen LogP contribution in [0.3, 0.4) is 0 Å². The number of nitrogens with zero attached hydrogens (tertiary/aromatic N) is 1. The lowest BCUT2D eigenvalue weighted by atomic mass is 10.0. The van der Waals surface area contributed by atoms with Crippen molar-refractivity contribution in [3.05, 3.63) is 42.1 Å². The maximum Gasteiger partial charge on any atom is 0.106 e. The molecule has 2 N–H and O–H groups in total. The Balaban J connectivity index is 0.00000112. The van der Waals surface area contributed by atoms with Gasteiger partial charge in [-0.25, -0.2) is 0 Å². The SMILES string of the molecule is C=O.C=O.CCNCC1CCC(CN(C)c2ccccc2)=CN1. The lowest BCUT2D eigenvalue weighted by Gasteiger charge is -2.27. The van der Waals surface area contributed by atoms with Gasteiger partial charge in [0.2, 0.25) is 0 Å². The van der Waals surface area contributed by atoms with Gasteiger partial charge in [0.1, 0.15) is 13.6 Å². The third kappa shape index (κ3) is 8.16. The van der Waals surface area contributed by atoms with Gasteiger partial charge in [-0.15, -0.1) is 0 Å². The number of benzene rings is 1. The van der Waals surface area contributed by atoms with Crippen molar-refractivity contribution >= 4 is 19.3 Å². The molecule has 5 heteroatoms. The van der Waals surface area contributed by atoms with E-state index >= 15 is 0 Å². The van der Waals surface area contributed by atoms with E-state index in [0.717, 1.165) is 19.6 Å². The first-order valence-electron chi connectivity index (χ1n) is 7.78. The Labute approximate surface area is 139 Å². The number of nitrogens with one attached hydrogen (secondary N) is 2. The van der Waals surface area contributed by atoms with Gasteiger partial charge in [0.25, 0.3) is 0 Å². The van der Waals surface area contributed by atoms with Crippen molar-refractivity contribution in [2.45, 2.75) is 25.8 Å². The van der Waals surface area contributed by atoms with Crippen molar-refractivity contribution in [1.82, 2.24) is 10.6 Å². The Morgan fingerprint density at radius 1 is 1.22 bits per heavy atom. The monoisotopic (exact) mass is 319 g/mol.